The van der Waals surface area contributed by atoms with E-state index in [0.717, 1.165) is 22.6 Å². The van der Waals surface area contributed by atoms with Crippen LogP contribution in [-0.4, -0.2) is 44.2 Å². The van der Waals surface area contributed by atoms with Crippen molar-refractivity contribution in [2.75, 3.05) is 12.9 Å². The number of nitro groups is 1. The van der Waals surface area contributed by atoms with Crippen LogP contribution in [0.2, 0.25) is 0 Å². The van der Waals surface area contributed by atoms with E-state index in [1.54, 1.807) is 26.2 Å². The highest BCUT2D eigenvalue weighted by atomic mass is 32.2. The smallest absolute Gasteiger partial charge is 0.269 e. The van der Waals surface area contributed by atoms with Crippen LogP contribution in [0.3, 0.4) is 0 Å². The summed E-state index contributed by atoms with van der Waals surface area (Å²) in [5, 5.41) is 24.2. The Hall–Kier alpha value is -4.51. The number of nitrogens with zero attached hydrogens (tertiary/aromatic N) is 5. The Labute approximate surface area is 217 Å². The molecule has 4 rings (SSSR count). The number of rotatable bonds is 9. The standard InChI is InChI=1S/C26H24N6O4S/c1-17-4-10-21(11-5-17)31-25(20-8-14-23(36-3)15-9-20)29-30-26(31)37-16-24(33)28-27-18(2)19-6-12-22(13-7-19)32(34)35/h4-15H,16H2,1-3H3,(H,28,33)/b27-18-. The van der Waals surface area contributed by atoms with Gasteiger partial charge in [-0.25, -0.2) is 5.43 Å². The van der Waals surface area contributed by atoms with E-state index >= 15 is 0 Å². The quantitative estimate of drug-likeness (QED) is 0.147. The van der Waals surface area contributed by atoms with Crippen LogP contribution in [0.5, 0.6) is 5.75 Å². The van der Waals surface area contributed by atoms with Gasteiger partial charge in [0.15, 0.2) is 11.0 Å². The van der Waals surface area contributed by atoms with Gasteiger partial charge in [-0.1, -0.05) is 29.5 Å². The topological polar surface area (TPSA) is 125 Å². The van der Waals surface area contributed by atoms with Gasteiger partial charge in [-0.3, -0.25) is 19.5 Å². The van der Waals surface area contributed by atoms with Crippen molar-refractivity contribution in [3.63, 3.8) is 0 Å². The number of amides is 1. The van der Waals surface area contributed by atoms with E-state index < -0.39 is 4.92 Å². The molecule has 0 aliphatic carbocycles. The van der Waals surface area contributed by atoms with Crippen molar-refractivity contribution >= 4 is 29.1 Å². The molecule has 11 heteroatoms. The maximum Gasteiger partial charge on any atom is 0.269 e. The summed E-state index contributed by atoms with van der Waals surface area (Å²) in [7, 11) is 1.61. The van der Waals surface area contributed by atoms with Crippen molar-refractivity contribution in [3.8, 4) is 22.8 Å². The third-order valence-corrected chi connectivity index (χ3v) is 6.38. The number of methoxy groups -OCH3 is 1. The molecule has 0 saturated heterocycles. The van der Waals surface area contributed by atoms with Gasteiger partial charge in [0.1, 0.15) is 5.75 Å². The number of aryl methyl sites for hydroxylation is 1. The predicted octanol–water partition coefficient (Wildman–Crippen LogP) is 4.79. The minimum absolute atomic E-state index is 0.0105. The van der Waals surface area contributed by atoms with Crippen LogP contribution >= 0.6 is 11.8 Å². The number of aromatic nitrogens is 3. The molecule has 1 N–H and O–H groups in total. The summed E-state index contributed by atoms with van der Waals surface area (Å²) in [6.07, 6.45) is 0. The van der Waals surface area contributed by atoms with Crippen molar-refractivity contribution in [3.05, 3.63) is 94.0 Å². The fourth-order valence-electron chi connectivity index (χ4n) is 3.41. The Morgan fingerprint density at radius 3 is 2.35 bits per heavy atom. The van der Waals surface area contributed by atoms with E-state index in [0.29, 0.717) is 22.3 Å². The SMILES string of the molecule is COc1ccc(-c2nnc(SCC(=O)N/N=C(/C)c3ccc([N+](=O)[O-])cc3)n2-c2ccc(C)cc2)cc1. The van der Waals surface area contributed by atoms with Gasteiger partial charge < -0.3 is 4.74 Å². The molecule has 1 amide bonds. The van der Waals surface area contributed by atoms with Gasteiger partial charge in [-0.15, -0.1) is 10.2 Å². The van der Waals surface area contributed by atoms with Crippen LogP contribution in [-0.2, 0) is 4.79 Å². The number of hydrogen-bond acceptors (Lipinski definition) is 8. The maximum atomic E-state index is 12.5. The van der Waals surface area contributed by atoms with Gasteiger partial charge in [-0.05, 0) is 67.9 Å². The third-order valence-electron chi connectivity index (χ3n) is 5.45. The summed E-state index contributed by atoms with van der Waals surface area (Å²) in [5.74, 6) is 1.11. The van der Waals surface area contributed by atoms with Gasteiger partial charge in [0.05, 0.1) is 23.5 Å². The van der Waals surface area contributed by atoms with Crippen molar-refractivity contribution in [1.29, 1.82) is 0 Å². The van der Waals surface area contributed by atoms with E-state index in [4.69, 9.17) is 4.74 Å². The van der Waals surface area contributed by atoms with Crippen LogP contribution < -0.4 is 10.2 Å². The molecule has 0 spiro atoms. The lowest BCUT2D eigenvalue weighted by Crippen LogP contribution is -2.21. The molecule has 0 aliphatic heterocycles. The lowest BCUT2D eigenvalue weighted by Gasteiger charge is -2.11. The average Bonchev–Trinajstić information content (AvgIpc) is 3.35. The number of hydrazone groups is 1. The molecule has 10 nitrogen and oxygen atoms in total. The summed E-state index contributed by atoms with van der Waals surface area (Å²) >= 11 is 1.24. The molecular weight excluding hydrogens is 492 g/mol. The Morgan fingerprint density at radius 1 is 1.05 bits per heavy atom. The first kappa shape index (κ1) is 25.6. The number of nitro benzene ring substituents is 1. The van der Waals surface area contributed by atoms with Crippen molar-refractivity contribution in [2.45, 2.75) is 19.0 Å². The summed E-state index contributed by atoms with van der Waals surface area (Å²) < 4.78 is 7.16. The minimum atomic E-state index is -0.468. The fraction of sp³-hybridized carbons (Fsp3) is 0.154. The monoisotopic (exact) mass is 516 g/mol. The zero-order valence-corrected chi connectivity index (χ0v) is 21.2. The minimum Gasteiger partial charge on any atom is -0.497 e. The van der Waals surface area contributed by atoms with Gasteiger partial charge in [0.25, 0.3) is 11.6 Å². The van der Waals surface area contributed by atoms with Crippen LogP contribution in [0, 0.1) is 17.0 Å². The van der Waals surface area contributed by atoms with Crippen LogP contribution in [0.15, 0.2) is 83.1 Å². The third kappa shape index (κ3) is 6.19. The molecular formula is C26H24N6O4S. The Bertz CT molecular complexity index is 1430. The van der Waals surface area contributed by atoms with Gasteiger partial charge in [0.2, 0.25) is 0 Å². The van der Waals surface area contributed by atoms with Crippen LogP contribution in [0.25, 0.3) is 17.1 Å². The summed E-state index contributed by atoms with van der Waals surface area (Å²) in [4.78, 5) is 22.9. The molecule has 3 aromatic carbocycles. The first-order valence-corrected chi connectivity index (χ1v) is 12.2. The molecule has 0 aliphatic rings. The van der Waals surface area contributed by atoms with Crippen LogP contribution in [0.1, 0.15) is 18.1 Å². The first-order chi connectivity index (χ1) is 17.9. The molecule has 0 fully saturated rings. The Balaban J connectivity index is 1.50. The van der Waals surface area contributed by atoms with E-state index in [9.17, 15) is 14.9 Å². The second-order valence-corrected chi connectivity index (χ2v) is 8.97. The number of carbonyl (C=O) groups is 1. The van der Waals surface area contributed by atoms with Gasteiger partial charge in [0, 0.05) is 23.4 Å². The average molecular weight is 517 g/mol. The number of benzene rings is 3. The molecule has 0 bridgehead atoms. The van der Waals surface area contributed by atoms with E-state index in [1.807, 2.05) is 60.0 Å². The number of hydrogen-bond donors (Lipinski definition) is 1. The highest BCUT2D eigenvalue weighted by Gasteiger charge is 2.17. The fourth-order valence-corrected chi connectivity index (χ4v) is 4.16. The highest BCUT2D eigenvalue weighted by molar-refractivity contribution is 7.99. The second kappa shape index (κ2) is 11.5. The number of carbonyl (C=O) groups excluding carboxylic acids is 1. The number of nitrogens with one attached hydrogen (secondary N) is 1. The largest absolute Gasteiger partial charge is 0.497 e. The zero-order chi connectivity index (χ0) is 26.4. The van der Waals surface area contributed by atoms with Crippen molar-refractivity contribution < 1.29 is 14.5 Å². The Kier molecular flexibility index (Phi) is 7.94. The van der Waals surface area contributed by atoms with E-state index in [1.165, 1.54) is 23.9 Å². The Morgan fingerprint density at radius 2 is 1.73 bits per heavy atom. The zero-order valence-electron chi connectivity index (χ0n) is 20.4. The van der Waals surface area contributed by atoms with Gasteiger partial charge >= 0.3 is 0 Å². The number of thioether (sulfide) groups is 1. The lowest BCUT2D eigenvalue weighted by molar-refractivity contribution is -0.384. The molecule has 188 valence electrons. The van der Waals surface area contributed by atoms with Crippen LogP contribution in [0.4, 0.5) is 5.69 Å². The summed E-state index contributed by atoms with van der Waals surface area (Å²) in [6.45, 7) is 3.73. The molecule has 1 aromatic heterocycles. The molecule has 37 heavy (non-hydrogen) atoms. The molecule has 0 unspecified atom stereocenters. The normalized spacial score (nSPS) is 11.3. The summed E-state index contributed by atoms with van der Waals surface area (Å²) in [5.41, 5.74) is 6.56. The highest BCUT2D eigenvalue weighted by Crippen LogP contribution is 2.29. The van der Waals surface area contributed by atoms with E-state index in [2.05, 4.69) is 20.7 Å². The molecule has 4 aromatic rings. The molecule has 0 radical (unpaired) electrons. The maximum absolute atomic E-state index is 12.5. The first-order valence-electron chi connectivity index (χ1n) is 11.2. The van der Waals surface area contributed by atoms with E-state index in [-0.39, 0.29) is 17.3 Å². The molecule has 0 saturated carbocycles. The lowest BCUT2D eigenvalue weighted by atomic mass is 10.1. The molecule has 0 atom stereocenters. The second-order valence-electron chi connectivity index (χ2n) is 8.03. The predicted molar refractivity (Wildman–Crippen MR) is 142 cm³/mol. The summed E-state index contributed by atoms with van der Waals surface area (Å²) in [6, 6.07) is 21.5. The number of ether oxygens (including phenoxy) is 1. The number of non-ortho nitro benzene ring substituents is 1. The molecule has 1 heterocycles. The van der Waals surface area contributed by atoms with Gasteiger partial charge in [-0.2, -0.15) is 5.10 Å². The van der Waals surface area contributed by atoms with Crippen molar-refractivity contribution in [1.82, 2.24) is 20.2 Å². The van der Waals surface area contributed by atoms with Crippen molar-refractivity contribution in [2.24, 2.45) is 5.10 Å².